The highest BCUT2D eigenvalue weighted by atomic mass is 16.5. The number of amides is 2. The summed E-state index contributed by atoms with van der Waals surface area (Å²) < 4.78 is 5.32. The van der Waals surface area contributed by atoms with Crippen molar-refractivity contribution in [2.24, 2.45) is 5.92 Å². The van der Waals surface area contributed by atoms with E-state index >= 15 is 0 Å². The van der Waals surface area contributed by atoms with E-state index in [4.69, 9.17) is 4.74 Å². The Morgan fingerprint density at radius 1 is 1.00 bits per heavy atom. The first-order valence-corrected chi connectivity index (χ1v) is 11.9. The predicted octanol–water partition coefficient (Wildman–Crippen LogP) is 4.24. The molecule has 0 spiro atoms. The summed E-state index contributed by atoms with van der Waals surface area (Å²) >= 11 is 0. The molecular weight excluding hydrogens is 376 g/mol. The second-order valence-electron chi connectivity index (χ2n) is 9.48. The summed E-state index contributed by atoms with van der Waals surface area (Å²) in [6.45, 7) is 0. The average molecular weight is 413 g/mol. The fraction of sp³-hybridized carbons (Fsp3) is 0.680. The Morgan fingerprint density at radius 3 is 2.33 bits per heavy atom. The van der Waals surface area contributed by atoms with E-state index in [9.17, 15) is 9.59 Å². The van der Waals surface area contributed by atoms with Crippen molar-refractivity contribution >= 4 is 11.8 Å². The molecule has 1 aliphatic heterocycles. The maximum Gasteiger partial charge on any atom is 0.230 e. The summed E-state index contributed by atoms with van der Waals surface area (Å²) in [6.07, 6.45) is 12.4. The van der Waals surface area contributed by atoms with Crippen LogP contribution in [0.25, 0.3) is 0 Å². The molecule has 2 atom stereocenters. The van der Waals surface area contributed by atoms with Gasteiger partial charge in [0.2, 0.25) is 11.8 Å². The highest BCUT2D eigenvalue weighted by Crippen LogP contribution is 2.41. The van der Waals surface area contributed by atoms with Crippen molar-refractivity contribution in [2.45, 2.75) is 94.5 Å². The van der Waals surface area contributed by atoms with E-state index in [1.807, 2.05) is 12.1 Å². The first-order valence-electron chi connectivity index (χ1n) is 11.9. The van der Waals surface area contributed by atoms with Gasteiger partial charge in [0.15, 0.2) is 0 Å². The van der Waals surface area contributed by atoms with Crippen LogP contribution in [0.1, 0.15) is 82.6 Å². The molecule has 164 valence electrons. The molecule has 3 fully saturated rings. The molecule has 1 heterocycles. The molecule has 2 saturated carbocycles. The van der Waals surface area contributed by atoms with Gasteiger partial charge >= 0.3 is 0 Å². The highest BCUT2D eigenvalue weighted by molar-refractivity contribution is 5.89. The van der Waals surface area contributed by atoms with Crippen LogP contribution in [0.15, 0.2) is 24.3 Å². The molecule has 2 aliphatic carbocycles. The predicted molar refractivity (Wildman–Crippen MR) is 117 cm³/mol. The SMILES string of the molecule is COc1ccc(C2(C(=O)NC3CCC(=O)NC3C3CCCCC3)CCCCC2)cc1. The first kappa shape index (κ1) is 21.2. The van der Waals surface area contributed by atoms with Crippen molar-refractivity contribution in [1.29, 1.82) is 0 Å². The fourth-order valence-electron chi connectivity index (χ4n) is 5.95. The van der Waals surface area contributed by atoms with Crippen LogP contribution in [-0.4, -0.2) is 31.0 Å². The molecular formula is C25H36N2O3. The van der Waals surface area contributed by atoms with Gasteiger partial charge in [-0.2, -0.15) is 0 Å². The van der Waals surface area contributed by atoms with E-state index in [1.165, 1.54) is 25.7 Å². The molecule has 4 rings (SSSR count). The molecule has 1 saturated heterocycles. The van der Waals surface area contributed by atoms with Gasteiger partial charge in [-0.1, -0.05) is 50.7 Å². The van der Waals surface area contributed by atoms with Crippen molar-refractivity contribution in [1.82, 2.24) is 10.6 Å². The molecule has 0 radical (unpaired) electrons. The molecule has 5 heteroatoms. The number of nitrogens with one attached hydrogen (secondary N) is 2. The number of piperidine rings is 1. The third kappa shape index (κ3) is 4.35. The second kappa shape index (κ2) is 9.40. The standard InChI is InChI=1S/C25H36N2O3/c1-30-20-12-10-19(11-13-20)25(16-6-3-7-17-25)24(29)26-21-14-15-22(28)27-23(21)18-8-4-2-5-9-18/h10-13,18,21,23H,2-9,14-17H2,1H3,(H,26,29)(H,27,28). The summed E-state index contributed by atoms with van der Waals surface area (Å²) in [7, 11) is 1.67. The molecule has 3 aliphatic rings. The maximum absolute atomic E-state index is 13.8. The van der Waals surface area contributed by atoms with Crippen LogP contribution in [0.4, 0.5) is 0 Å². The Kier molecular flexibility index (Phi) is 6.64. The number of carbonyl (C=O) groups is 2. The molecule has 2 amide bonds. The molecule has 1 aromatic carbocycles. The van der Waals surface area contributed by atoms with E-state index in [-0.39, 0.29) is 23.9 Å². The summed E-state index contributed by atoms with van der Waals surface area (Å²) in [5, 5.41) is 6.68. The van der Waals surface area contributed by atoms with Crippen LogP contribution in [0.3, 0.4) is 0 Å². The van der Waals surface area contributed by atoms with Crippen molar-refractivity contribution in [2.75, 3.05) is 7.11 Å². The molecule has 2 N–H and O–H groups in total. The molecule has 2 unspecified atom stereocenters. The zero-order valence-corrected chi connectivity index (χ0v) is 18.3. The Hall–Kier alpha value is -2.04. The van der Waals surface area contributed by atoms with E-state index < -0.39 is 5.41 Å². The van der Waals surface area contributed by atoms with Crippen LogP contribution >= 0.6 is 0 Å². The lowest BCUT2D eigenvalue weighted by molar-refractivity contribution is -0.132. The van der Waals surface area contributed by atoms with Gasteiger partial charge in [0, 0.05) is 12.5 Å². The number of methoxy groups -OCH3 is 1. The average Bonchev–Trinajstić information content (AvgIpc) is 2.81. The Morgan fingerprint density at radius 2 is 1.67 bits per heavy atom. The molecule has 0 bridgehead atoms. The molecule has 5 nitrogen and oxygen atoms in total. The van der Waals surface area contributed by atoms with Crippen LogP contribution in [0.5, 0.6) is 5.75 Å². The zero-order chi connectivity index (χ0) is 21.0. The number of carbonyl (C=O) groups excluding carboxylic acids is 2. The molecule has 1 aromatic rings. The van der Waals surface area contributed by atoms with Crippen molar-refractivity contribution in [3.8, 4) is 5.75 Å². The van der Waals surface area contributed by atoms with E-state index in [2.05, 4.69) is 22.8 Å². The van der Waals surface area contributed by atoms with E-state index in [1.54, 1.807) is 7.11 Å². The number of rotatable bonds is 5. The van der Waals surface area contributed by atoms with Gasteiger partial charge in [0.25, 0.3) is 0 Å². The minimum Gasteiger partial charge on any atom is -0.497 e. The van der Waals surface area contributed by atoms with Crippen LogP contribution in [0.2, 0.25) is 0 Å². The Labute approximate surface area is 180 Å². The second-order valence-corrected chi connectivity index (χ2v) is 9.48. The Balaban J connectivity index is 1.55. The van der Waals surface area contributed by atoms with Gasteiger partial charge in [-0.25, -0.2) is 0 Å². The first-order chi connectivity index (χ1) is 14.6. The number of ether oxygens (including phenoxy) is 1. The fourth-order valence-corrected chi connectivity index (χ4v) is 5.95. The summed E-state index contributed by atoms with van der Waals surface area (Å²) in [5.41, 5.74) is 0.623. The quantitative estimate of drug-likeness (QED) is 0.760. The van der Waals surface area contributed by atoms with Gasteiger partial charge in [-0.05, 0) is 55.7 Å². The van der Waals surface area contributed by atoms with Gasteiger partial charge in [0.05, 0.1) is 18.6 Å². The normalized spacial score (nSPS) is 27.2. The van der Waals surface area contributed by atoms with Gasteiger partial charge < -0.3 is 15.4 Å². The zero-order valence-electron chi connectivity index (χ0n) is 18.3. The smallest absolute Gasteiger partial charge is 0.230 e. The third-order valence-corrected chi connectivity index (χ3v) is 7.70. The monoisotopic (exact) mass is 412 g/mol. The lowest BCUT2D eigenvalue weighted by Crippen LogP contribution is -2.61. The summed E-state index contributed by atoms with van der Waals surface area (Å²) in [6, 6.07) is 8.16. The minimum absolute atomic E-state index is 0.0374. The number of hydrogen-bond acceptors (Lipinski definition) is 3. The van der Waals surface area contributed by atoms with Crippen molar-refractivity contribution in [3.05, 3.63) is 29.8 Å². The number of benzene rings is 1. The van der Waals surface area contributed by atoms with Crippen molar-refractivity contribution < 1.29 is 14.3 Å². The largest absolute Gasteiger partial charge is 0.497 e. The van der Waals surface area contributed by atoms with Crippen molar-refractivity contribution in [3.63, 3.8) is 0 Å². The van der Waals surface area contributed by atoms with Crippen LogP contribution in [-0.2, 0) is 15.0 Å². The highest BCUT2D eigenvalue weighted by Gasteiger charge is 2.44. The topological polar surface area (TPSA) is 67.4 Å². The lowest BCUT2D eigenvalue weighted by Gasteiger charge is -2.42. The molecule has 30 heavy (non-hydrogen) atoms. The number of hydrogen-bond donors (Lipinski definition) is 2. The summed E-state index contributed by atoms with van der Waals surface area (Å²) in [5.74, 6) is 1.59. The van der Waals surface area contributed by atoms with Gasteiger partial charge in [-0.3, -0.25) is 9.59 Å². The van der Waals surface area contributed by atoms with E-state index in [0.717, 1.165) is 56.3 Å². The van der Waals surface area contributed by atoms with Gasteiger partial charge in [0.1, 0.15) is 5.75 Å². The van der Waals surface area contributed by atoms with E-state index in [0.29, 0.717) is 12.3 Å². The maximum atomic E-state index is 13.8. The van der Waals surface area contributed by atoms with Crippen LogP contribution in [0, 0.1) is 5.92 Å². The minimum atomic E-state index is -0.469. The van der Waals surface area contributed by atoms with Crippen LogP contribution < -0.4 is 15.4 Å². The summed E-state index contributed by atoms with van der Waals surface area (Å²) in [4.78, 5) is 26.0. The van der Waals surface area contributed by atoms with Gasteiger partial charge in [-0.15, -0.1) is 0 Å². The third-order valence-electron chi connectivity index (χ3n) is 7.70. The molecule has 0 aromatic heterocycles. The Bertz CT molecular complexity index is 733. The lowest BCUT2D eigenvalue weighted by atomic mass is 9.68.